The maximum atomic E-state index is 10.5. The Morgan fingerprint density at radius 1 is 0.917 bits per heavy atom. The molecule has 2 aromatic carbocycles. The zero-order valence-electron chi connectivity index (χ0n) is 14.1. The van der Waals surface area contributed by atoms with Crippen LogP contribution in [0.15, 0.2) is 48.5 Å². The Labute approximate surface area is 143 Å². The van der Waals surface area contributed by atoms with Crippen molar-refractivity contribution in [2.45, 2.75) is 18.9 Å². The lowest BCUT2D eigenvalue weighted by Crippen LogP contribution is -2.25. The van der Waals surface area contributed by atoms with Crippen LogP contribution in [0.5, 0.6) is 11.5 Å². The van der Waals surface area contributed by atoms with Gasteiger partial charge in [0, 0.05) is 6.54 Å². The third kappa shape index (κ3) is 4.28. The number of ether oxygens (including phenoxy) is 2. The number of hydrogen-bond donors (Lipinski definition) is 1. The molecule has 1 unspecified atom stereocenters. The van der Waals surface area contributed by atoms with Crippen molar-refractivity contribution in [1.29, 1.82) is 0 Å². The summed E-state index contributed by atoms with van der Waals surface area (Å²) in [5.74, 6) is 1.63. The first-order chi connectivity index (χ1) is 11.8. The Morgan fingerprint density at radius 2 is 1.46 bits per heavy atom. The first kappa shape index (κ1) is 16.8. The van der Waals surface area contributed by atoms with Gasteiger partial charge in [0.05, 0.1) is 7.11 Å². The van der Waals surface area contributed by atoms with Crippen LogP contribution in [-0.2, 0) is 0 Å². The molecule has 1 aliphatic rings. The Morgan fingerprint density at radius 3 is 2.00 bits per heavy atom. The van der Waals surface area contributed by atoms with Crippen molar-refractivity contribution < 1.29 is 14.6 Å². The maximum Gasteiger partial charge on any atom is 0.119 e. The van der Waals surface area contributed by atoms with Crippen LogP contribution in [-0.4, -0.2) is 43.4 Å². The Balaban J connectivity index is 1.54. The first-order valence-corrected chi connectivity index (χ1v) is 8.53. The van der Waals surface area contributed by atoms with Crippen LogP contribution in [0, 0.1) is 0 Å². The fraction of sp³-hybridized carbons (Fsp3) is 0.400. The lowest BCUT2D eigenvalue weighted by Gasteiger charge is -2.16. The number of aliphatic hydroxyl groups is 1. The summed E-state index contributed by atoms with van der Waals surface area (Å²) in [7, 11) is 1.63. The Kier molecular flexibility index (Phi) is 5.72. The average Bonchev–Trinajstić information content (AvgIpc) is 3.15. The molecule has 0 spiro atoms. The van der Waals surface area contributed by atoms with E-state index >= 15 is 0 Å². The molecule has 0 aromatic heterocycles. The third-order valence-corrected chi connectivity index (χ3v) is 4.50. The third-order valence-electron chi connectivity index (χ3n) is 4.50. The van der Waals surface area contributed by atoms with Crippen LogP contribution in [0.2, 0.25) is 0 Å². The highest BCUT2D eigenvalue weighted by Crippen LogP contribution is 2.25. The lowest BCUT2D eigenvalue weighted by atomic mass is 10.0. The Bertz CT molecular complexity index is 618. The van der Waals surface area contributed by atoms with E-state index in [1.807, 2.05) is 48.5 Å². The molecular weight excluding hydrogens is 302 g/mol. The summed E-state index contributed by atoms with van der Waals surface area (Å²) in [6.07, 6.45) is 1.96. The molecule has 2 aromatic rings. The number of aliphatic hydroxyl groups excluding tert-OH is 1. The van der Waals surface area contributed by atoms with Crippen molar-refractivity contribution in [1.82, 2.24) is 4.90 Å². The minimum Gasteiger partial charge on any atom is -0.497 e. The van der Waals surface area contributed by atoms with Crippen LogP contribution in [0.4, 0.5) is 0 Å². The summed E-state index contributed by atoms with van der Waals surface area (Å²) >= 11 is 0. The zero-order chi connectivity index (χ0) is 16.8. The molecule has 0 saturated carbocycles. The molecule has 0 aliphatic carbocycles. The second kappa shape index (κ2) is 8.18. The fourth-order valence-electron chi connectivity index (χ4n) is 3.02. The topological polar surface area (TPSA) is 41.9 Å². The van der Waals surface area contributed by atoms with E-state index in [-0.39, 0.29) is 0 Å². The van der Waals surface area contributed by atoms with E-state index in [1.54, 1.807) is 7.11 Å². The van der Waals surface area contributed by atoms with Gasteiger partial charge in [-0.3, -0.25) is 4.90 Å². The SMILES string of the molecule is COc1ccc(C(O)c2ccc(OCCN3CCCC3)cc2)cc1. The van der Waals surface area contributed by atoms with Gasteiger partial charge in [0.25, 0.3) is 0 Å². The number of likely N-dealkylation sites (tertiary alicyclic amines) is 1. The van der Waals surface area contributed by atoms with Crippen molar-refractivity contribution >= 4 is 0 Å². The molecule has 0 amide bonds. The van der Waals surface area contributed by atoms with Crippen molar-refractivity contribution in [3.8, 4) is 11.5 Å². The molecule has 24 heavy (non-hydrogen) atoms. The van der Waals surface area contributed by atoms with E-state index in [2.05, 4.69) is 4.90 Å². The summed E-state index contributed by atoms with van der Waals surface area (Å²) in [5, 5.41) is 10.5. The van der Waals surface area contributed by atoms with E-state index in [0.29, 0.717) is 6.61 Å². The van der Waals surface area contributed by atoms with Crippen LogP contribution < -0.4 is 9.47 Å². The van der Waals surface area contributed by atoms with Crippen LogP contribution in [0.3, 0.4) is 0 Å². The molecule has 4 heteroatoms. The van der Waals surface area contributed by atoms with Gasteiger partial charge < -0.3 is 14.6 Å². The number of nitrogens with zero attached hydrogens (tertiary/aromatic N) is 1. The largest absolute Gasteiger partial charge is 0.497 e. The van der Waals surface area contributed by atoms with Gasteiger partial charge in [-0.05, 0) is 61.3 Å². The fourth-order valence-corrected chi connectivity index (χ4v) is 3.02. The molecule has 1 heterocycles. The number of hydrogen-bond acceptors (Lipinski definition) is 4. The standard InChI is InChI=1S/C20H25NO3/c1-23-18-8-4-16(5-9-18)20(22)17-6-10-19(11-7-17)24-15-14-21-12-2-3-13-21/h4-11,20,22H,2-3,12-15H2,1H3. The van der Waals surface area contributed by atoms with Gasteiger partial charge in [-0.25, -0.2) is 0 Å². The highest BCUT2D eigenvalue weighted by atomic mass is 16.5. The van der Waals surface area contributed by atoms with Gasteiger partial charge in [0.15, 0.2) is 0 Å². The molecule has 4 nitrogen and oxygen atoms in total. The van der Waals surface area contributed by atoms with Gasteiger partial charge in [-0.1, -0.05) is 24.3 Å². The summed E-state index contributed by atoms with van der Waals surface area (Å²) in [6, 6.07) is 15.1. The Hall–Kier alpha value is -2.04. The predicted octanol–water partition coefficient (Wildman–Crippen LogP) is 3.25. The molecule has 0 radical (unpaired) electrons. The molecule has 1 aliphatic heterocycles. The van der Waals surface area contributed by atoms with Gasteiger partial charge in [0.1, 0.15) is 24.2 Å². The summed E-state index contributed by atoms with van der Waals surface area (Å²) in [6.45, 7) is 4.07. The van der Waals surface area contributed by atoms with E-state index in [9.17, 15) is 5.11 Å². The van der Waals surface area contributed by atoms with Gasteiger partial charge >= 0.3 is 0 Å². The smallest absolute Gasteiger partial charge is 0.119 e. The van der Waals surface area contributed by atoms with Crippen molar-refractivity contribution in [2.75, 3.05) is 33.4 Å². The summed E-state index contributed by atoms with van der Waals surface area (Å²) in [5.41, 5.74) is 1.70. The lowest BCUT2D eigenvalue weighted by molar-refractivity contribution is 0.219. The average molecular weight is 327 g/mol. The first-order valence-electron chi connectivity index (χ1n) is 8.53. The number of methoxy groups -OCH3 is 1. The van der Waals surface area contributed by atoms with Crippen molar-refractivity contribution in [2.24, 2.45) is 0 Å². The molecule has 3 rings (SSSR count). The minimum absolute atomic E-state index is 0.644. The van der Waals surface area contributed by atoms with Gasteiger partial charge in [-0.15, -0.1) is 0 Å². The van der Waals surface area contributed by atoms with E-state index in [0.717, 1.165) is 29.2 Å². The molecule has 1 fully saturated rings. The van der Waals surface area contributed by atoms with Gasteiger partial charge in [0.2, 0.25) is 0 Å². The highest BCUT2D eigenvalue weighted by molar-refractivity contribution is 5.36. The van der Waals surface area contributed by atoms with Gasteiger partial charge in [-0.2, -0.15) is 0 Å². The van der Waals surface area contributed by atoms with Crippen LogP contribution in [0.25, 0.3) is 0 Å². The quantitative estimate of drug-likeness (QED) is 0.848. The van der Waals surface area contributed by atoms with Crippen LogP contribution in [0.1, 0.15) is 30.1 Å². The molecular formula is C20H25NO3. The second-order valence-corrected chi connectivity index (χ2v) is 6.14. The molecule has 1 N–H and O–H groups in total. The van der Waals surface area contributed by atoms with E-state index in [1.165, 1.54) is 25.9 Å². The van der Waals surface area contributed by atoms with Crippen molar-refractivity contribution in [3.05, 3.63) is 59.7 Å². The molecule has 1 atom stereocenters. The van der Waals surface area contributed by atoms with E-state index in [4.69, 9.17) is 9.47 Å². The zero-order valence-corrected chi connectivity index (χ0v) is 14.1. The number of benzene rings is 2. The monoisotopic (exact) mass is 327 g/mol. The maximum absolute atomic E-state index is 10.5. The van der Waals surface area contributed by atoms with E-state index < -0.39 is 6.10 Å². The highest BCUT2D eigenvalue weighted by Gasteiger charge is 2.12. The predicted molar refractivity (Wildman–Crippen MR) is 94.7 cm³/mol. The molecule has 0 bridgehead atoms. The molecule has 128 valence electrons. The summed E-state index contributed by atoms with van der Waals surface area (Å²) < 4.78 is 10.9. The minimum atomic E-state index is -0.644. The second-order valence-electron chi connectivity index (χ2n) is 6.14. The number of rotatable bonds is 7. The van der Waals surface area contributed by atoms with Crippen molar-refractivity contribution in [3.63, 3.8) is 0 Å². The molecule has 1 saturated heterocycles. The normalized spacial score (nSPS) is 16.1. The van der Waals surface area contributed by atoms with Crippen LogP contribution >= 0.6 is 0 Å². The summed E-state index contributed by atoms with van der Waals surface area (Å²) in [4.78, 5) is 2.43.